The van der Waals surface area contributed by atoms with Gasteiger partial charge in [0.25, 0.3) is 0 Å². The van der Waals surface area contributed by atoms with Gasteiger partial charge in [-0.1, -0.05) is 30.3 Å². The monoisotopic (exact) mass is 331 g/mol. The minimum atomic E-state index is -0.306. The molecule has 1 aromatic rings. The summed E-state index contributed by atoms with van der Waals surface area (Å²) >= 11 is 0. The van der Waals surface area contributed by atoms with Gasteiger partial charge in [0.05, 0.1) is 6.10 Å². The minimum absolute atomic E-state index is 0.0421. The summed E-state index contributed by atoms with van der Waals surface area (Å²) in [5, 5.41) is 3.17. The SMILES string of the molecule is CC(c1ccccc1)N1CCC(NC(=O)[C@@H]2CC[C@H](CN)O2)CC1. The van der Waals surface area contributed by atoms with Crippen LogP contribution in [0.5, 0.6) is 0 Å². The molecule has 24 heavy (non-hydrogen) atoms. The van der Waals surface area contributed by atoms with Gasteiger partial charge in [0.1, 0.15) is 6.10 Å². The van der Waals surface area contributed by atoms with Crippen LogP contribution in [0.15, 0.2) is 30.3 Å². The van der Waals surface area contributed by atoms with Crippen molar-refractivity contribution >= 4 is 5.91 Å². The Kier molecular flexibility index (Phi) is 5.87. The molecule has 3 atom stereocenters. The number of carbonyl (C=O) groups excluding carboxylic acids is 1. The molecule has 3 rings (SSSR count). The summed E-state index contributed by atoms with van der Waals surface area (Å²) in [7, 11) is 0. The zero-order chi connectivity index (χ0) is 16.9. The van der Waals surface area contributed by atoms with Gasteiger partial charge in [0.2, 0.25) is 5.91 Å². The number of amides is 1. The predicted molar refractivity (Wildman–Crippen MR) is 94.5 cm³/mol. The van der Waals surface area contributed by atoms with Crippen LogP contribution in [0.25, 0.3) is 0 Å². The summed E-state index contributed by atoms with van der Waals surface area (Å²) in [5.74, 6) is 0.0421. The first-order chi connectivity index (χ1) is 11.7. The minimum Gasteiger partial charge on any atom is -0.364 e. The van der Waals surface area contributed by atoms with Gasteiger partial charge in [-0.3, -0.25) is 9.69 Å². The molecule has 1 unspecified atom stereocenters. The molecule has 5 nitrogen and oxygen atoms in total. The summed E-state index contributed by atoms with van der Waals surface area (Å²) in [6.07, 6.45) is 3.42. The summed E-state index contributed by atoms with van der Waals surface area (Å²) in [4.78, 5) is 14.8. The van der Waals surface area contributed by atoms with E-state index in [9.17, 15) is 4.79 Å². The van der Waals surface area contributed by atoms with Crippen molar-refractivity contribution in [2.45, 2.75) is 56.9 Å². The lowest BCUT2D eigenvalue weighted by molar-refractivity contribution is -0.132. The highest BCUT2D eigenvalue weighted by Crippen LogP contribution is 2.24. The molecule has 2 fully saturated rings. The van der Waals surface area contributed by atoms with Crippen LogP contribution in [0.4, 0.5) is 0 Å². The van der Waals surface area contributed by atoms with Crippen molar-refractivity contribution in [3.8, 4) is 0 Å². The lowest BCUT2D eigenvalue weighted by atomic mass is 10.00. The van der Waals surface area contributed by atoms with Crippen molar-refractivity contribution < 1.29 is 9.53 Å². The van der Waals surface area contributed by atoms with Gasteiger partial charge in [0, 0.05) is 31.7 Å². The number of hydrogen-bond acceptors (Lipinski definition) is 4. The predicted octanol–water partition coefficient (Wildman–Crippen LogP) is 1.83. The van der Waals surface area contributed by atoms with Gasteiger partial charge in [-0.25, -0.2) is 0 Å². The molecule has 0 bridgehead atoms. The molecule has 2 aliphatic heterocycles. The second kappa shape index (κ2) is 8.10. The Morgan fingerprint density at radius 2 is 1.96 bits per heavy atom. The first kappa shape index (κ1) is 17.4. The second-order valence-electron chi connectivity index (χ2n) is 6.97. The number of nitrogens with zero attached hydrogens (tertiary/aromatic N) is 1. The van der Waals surface area contributed by atoms with Crippen LogP contribution in [0.1, 0.15) is 44.2 Å². The Labute approximate surface area is 144 Å². The van der Waals surface area contributed by atoms with E-state index < -0.39 is 0 Å². The third-order valence-electron chi connectivity index (χ3n) is 5.37. The average Bonchev–Trinajstić information content (AvgIpc) is 3.12. The summed E-state index contributed by atoms with van der Waals surface area (Å²) < 4.78 is 5.68. The largest absolute Gasteiger partial charge is 0.364 e. The van der Waals surface area contributed by atoms with E-state index in [4.69, 9.17) is 10.5 Å². The zero-order valence-electron chi connectivity index (χ0n) is 14.5. The van der Waals surface area contributed by atoms with Crippen LogP contribution in [0.2, 0.25) is 0 Å². The first-order valence-corrected chi connectivity index (χ1v) is 9.12. The molecular formula is C19H29N3O2. The van der Waals surface area contributed by atoms with Crippen molar-refractivity contribution in [2.75, 3.05) is 19.6 Å². The second-order valence-corrected chi connectivity index (χ2v) is 6.97. The molecule has 0 spiro atoms. The summed E-state index contributed by atoms with van der Waals surface area (Å²) in [6.45, 7) is 4.78. The van der Waals surface area contributed by atoms with Gasteiger partial charge in [-0.2, -0.15) is 0 Å². The van der Waals surface area contributed by atoms with E-state index in [1.54, 1.807) is 0 Å². The van der Waals surface area contributed by atoms with E-state index in [2.05, 4.69) is 47.5 Å². The lowest BCUT2D eigenvalue weighted by Crippen LogP contribution is -2.48. The molecule has 0 radical (unpaired) electrons. The van der Waals surface area contributed by atoms with Gasteiger partial charge in [0.15, 0.2) is 0 Å². The Hall–Kier alpha value is -1.43. The van der Waals surface area contributed by atoms with E-state index in [1.807, 2.05) is 0 Å². The normalized spacial score (nSPS) is 27.1. The van der Waals surface area contributed by atoms with Crippen molar-refractivity contribution in [3.63, 3.8) is 0 Å². The molecule has 0 aromatic heterocycles. The van der Waals surface area contributed by atoms with E-state index in [0.29, 0.717) is 12.6 Å². The van der Waals surface area contributed by atoms with Crippen molar-refractivity contribution in [1.82, 2.24) is 10.2 Å². The van der Waals surface area contributed by atoms with Gasteiger partial charge in [-0.05, 0) is 38.2 Å². The number of hydrogen-bond donors (Lipinski definition) is 2. The molecule has 3 N–H and O–H groups in total. The highest BCUT2D eigenvalue weighted by molar-refractivity contribution is 5.81. The molecule has 1 amide bonds. The molecular weight excluding hydrogens is 302 g/mol. The summed E-state index contributed by atoms with van der Waals surface area (Å²) in [5.41, 5.74) is 6.96. The van der Waals surface area contributed by atoms with Crippen molar-refractivity contribution in [3.05, 3.63) is 35.9 Å². The number of ether oxygens (including phenoxy) is 1. The van der Waals surface area contributed by atoms with Crippen LogP contribution in [-0.4, -0.2) is 48.7 Å². The number of carbonyl (C=O) groups is 1. The molecule has 1 aromatic carbocycles. The maximum atomic E-state index is 12.3. The van der Waals surface area contributed by atoms with Crippen LogP contribution in [-0.2, 0) is 9.53 Å². The fourth-order valence-corrected chi connectivity index (χ4v) is 3.74. The van der Waals surface area contributed by atoms with E-state index in [-0.39, 0.29) is 24.2 Å². The number of benzene rings is 1. The third kappa shape index (κ3) is 4.15. The molecule has 132 valence electrons. The Morgan fingerprint density at radius 3 is 2.58 bits per heavy atom. The maximum absolute atomic E-state index is 12.3. The van der Waals surface area contributed by atoms with Gasteiger partial charge >= 0.3 is 0 Å². The van der Waals surface area contributed by atoms with E-state index in [1.165, 1.54) is 5.56 Å². The number of nitrogens with one attached hydrogen (secondary N) is 1. The third-order valence-corrected chi connectivity index (χ3v) is 5.37. The molecule has 0 saturated carbocycles. The van der Waals surface area contributed by atoms with Gasteiger partial charge in [-0.15, -0.1) is 0 Å². The van der Waals surface area contributed by atoms with E-state index in [0.717, 1.165) is 38.8 Å². The number of nitrogens with two attached hydrogens (primary N) is 1. The quantitative estimate of drug-likeness (QED) is 0.864. The molecule has 2 heterocycles. The van der Waals surface area contributed by atoms with Crippen LogP contribution in [0, 0.1) is 0 Å². The van der Waals surface area contributed by atoms with Gasteiger partial charge < -0.3 is 15.8 Å². The van der Waals surface area contributed by atoms with Crippen LogP contribution >= 0.6 is 0 Å². The van der Waals surface area contributed by atoms with E-state index >= 15 is 0 Å². The number of rotatable bonds is 5. The fourth-order valence-electron chi connectivity index (χ4n) is 3.74. The Bertz CT molecular complexity index is 529. The topological polar surface area (TPSA) is 67.6 Å². The summed E-state index contributed by atoms with van der Waals surface area (Å²) in [6, 6.07) is 11.3. The first-order valence-electron chi connectivity index (χ1n) is 9.12. The molecule has 0 aliphatic carbocycles. The molecule has 5 heteroatoms. The highest BCUT2D eigenvalue weighted by atomic mass is 16.5. The van der Waals surface area contributed by atoms with Crippen LogP contribution in [0.3, 0.4) is 0 Å². The standard InChI is InChI=1S/C19H29N3O2/c1-14(15-5-3-2-4-6-15)22-11-9-16(10-12-22)21-19(23)18-8-7-17(13-20)24-18/h2-6,14,16-18H,7-13,20H2,1H3,(H,21,23)/t14?,17-,18+/m1/s1. The Morgan fingerprint density at radius 1 is 1.25 bits per heavy atom. The zero-order valence-corrected chi connectivity index (χ0v) is 14.5. The fraction of sp³-hybridized carbons (Fsp3) is 0.632. The average molecular weight is 331 g/mol. The molecule has 2 saturated heterocycles. The lowest BCUT2D eigenvalue weighted by Gasteiger charge is -2.36. The smallest absolute Gasteiger partial charge is 0.249 e. The van der Waals surface area contributed by atoms with Crippen LogP contribution < -0.4 is 11.1 Å². The number of likely N-dealkylation sites (tertiary alicyclic amines) is 1. The number of piperidine rings is 1. The highest BCUT2D eigenvalue weighted by Gasteiger charge is 2.32. The molecule has 2 aliphatic rings. The Balaban J connectivity index is 1.44. The maximum Gasteiger partial charge on any atom is 0.249 e. The van der Waals surface area contributed by atoms with Crippen molar-refractivity contribution in [1.29, 1.82) is 0 Å². The van der Waals surface area contributed by atoms with Crippen molar-refractivity contribution in [2.24, 2.45) is 5.73 Å².